The second-order valence-corrected chi connectivity index (χ2v) is 3.08. The van der Waals surface area contributed by atoms with E-state index in [1.54, 1.807) is 21.1 Å². The molecule has 0 fully saturated rings. The molecule has 7 N–H and O–H groups in total. The van der Waals surface area contributed by atoms with E-state index in [0.717, 1.165) is 0 Å². The number of carbonyl (C=O) groups is 2. The highest BCUT2D eigenvalue weighted by atomic mass is 16.2. The lowest BCUT2D eigenvalue weighted by Crippen LogP contribution is -2.29. The first-order valence-corrected chi connectivity index (χ1v) is 5.58. The van der Waals surface area contributed by atoms with Crippen molar-refractivity contribution in [2.75, 3.05) is 41.1 Å². The molecule has 0 saturated heterocycles. The van der Waals surface area contributed by atoms with E-state index in [2.05, 4.69) is 26.6 Å². The Morgan fingerprint density at radius 1 is 0.833 bits per heavy atom. The average Bonchev–Trinajstić information content (AvgIpc) is 2.34. The van der Waals surface area contributed by atoms with E-state index in [1.807, 2.05) is 0 Å². The number of nitrogens with two attached hydrogens (primary N) is 1. The van der Waals surface area contributed by atoms with Crippen LogP contribution in [0.2, 0.25) is 0 Å². The van der Waals surface area contributed by atoms with Crippen LogP contribution in [0.5, 0.6) is 0 Å². The summed E-state index contributed by atoms with van der Waals surface area (Å²) < 4.78 is 0. The zero-order valence-electron chi connectivity index (χ0n) is 12.0. The number of hydrogen-bond acceptors (Lipinski definition) is 6. The van der Waals surface area contributed by atoms with Crippen molar-refractivity contribution in [1.29, 1.82) is 0 Å². The molecule has 2 amide bonds. The summed E-state index contributed by atoms with van der Waals surface area (Å²) in [5.41, 5.74) is 4.92. The van der Waals surface area contributed by atoms with Gasteiger partial charge in [-0.1, -0.05) is 0 Å². The monoisotopic (exact) mass is 264 g/mol. The van der Waals surface area contributed by atoms with E-state index in [4.69, 9.17) is 5.73 Å². The number of nitrogens with one attached hydrogen (secondary N) is 5. The Bertz CT molecular complexity index is 169. The van der Waals surface area contributed by atoms with Crippen LogP contribution in [-0.2, 0) is 9.59 Å². The minimum atomic E-state index is -0.00523. The SMILES string of the molecule is CNCN.CNCNC(C)=O.CNCNC(C)=O. The first kappa shape index (κ1) is 22.0. The van der Waals surface area contributed by atoms with Gasteiger partial charge < -0.3 is 32.3 Å². The lowest BCUT2D eigenvalue weighted by Gasteiger charge is -1.95. The average molecular weight is 264 g/mol. The van der Waals surface area contributed by atoms with Crippen LogP contribution in [0.1, 0.15) is 13.8 Å². The second kappa shape index (κ2) is 21.1. The third kappa shape index (κ3) is 46.4. The van der Waals surface area contributed by atoms with Crippen LogP contribution < -0.4 is 32.3 Å². The molecular formula is C10H28N6O2. The van der Waals surface area contributed by atoms with Crippen molar-refractivity contribution in [2.24, 2.45) is 5.73 Å². The van der Waals surface area contributed by atoms with Crippen LogP contribution in [-0.4, -0.2) is 53.0 Å². The maximum atomic E-state index is 10.1. The maximum absolute atomic E-state index is 10.1. The Morgan fingerprint density at radius 3 is 1.17 bits per heavy atom. The zero-order valence-corrected chi connectivity index (χ0v) is 12.0. The van der Waals surface area contributed by atoms with Gasteiger partial charge in [-0.05, 0) is 21.1 Å². The van der Waals surface area contributed by atoms with Gasteiger partial charge in [0.2, 0.25) is 11.8 Å². The molecular weight excluding hydrogens is 236 g/mol. The molecule has 8 heteroatoms. The van der Waals surface area contributed by atoms with E-state index in [1.165, 1.54) is 13.8 Å². The van der Waals surface area contributed by atoms with E-state index < -0.39 is 0 Å². The van der Waals surface area contributed by atoms with E-state index >= 15 is 0 Å². The molecule has 0 heterocycles. The molecule has 0 spiro atoms. The van der Waals surface area contributed by atoms with Gasteiger partial charge in [-0.25, -0.2) is 0 Å². The van der Waals surface area contributed by atoms with Crippen LogP contribution in [0, 0.1) is 0 Å². The fraction of sp³-hybridized carbons (Fsp3) is 0.800. The highest BCUT2D eigenvalue weighted by Crippen LogP contribution is 1.52. The molecule has 0 aromatic rings. The minimum Gasteiger partial charge on any atom is -0.344 e. The summed E-state index contributed by atoms with van der Waals surface area (Å²) in [6, 6.07) is 0. The molecule has 18 heavy (non-hydrogen) atoms. The molecule has 0 unspecified atom stereocenters. The zero-order chi connectivity index (χ0) is 14.8. The summed E-state index contributed by atoms with van der Waals surface area (Å²) in [6.45, 7) is 4.64. The molecule has 0 aromatic carbocycles. The first-order chi connectivity index (χ1) is 8.45. The second-order valence-electron chi connectivity index (χ2n) is 3.08. The maximum Gasteiger partial charge on any atom is 0.217 e. The van der Waals surface area contributed by atoms with Crippen molar-refractivity contribution < 1.29 is 9.59 Å². The summed E-state index contributed by atoms with van der Waals surface area (Å²) in [5.74, 6) is -0.0105. The molecule has 0 atom stereocenters. The van der Waals surface area contributed by atoms with Crippen molar-refractivity contribution in [3.8, 4) is 0 Å². The van der Waals surface area contributed by atoms with Crippen LogP contribution >= 0.6 is 0 Å². The normalized spacial score (nSPS) is 8.11. The minimum absolute atomic E-state index is 0.00523. The predicted octanol–water partition coefficient (Wildman–Crippen LogP) is -2.28. The Morgan fingerprint density at radius 2 is 1.11 bits per heavy atom. The third-order valence-corrected chi connectivity index (χ3v) is 1.23. The third-order valence-electron chi connectivity index (χ3n) is 1.23. The Hall–Kier alpha value is -1.22. The van der Waals surface area contributed by atoms with Gasteiger partial charge in [-0.15, -0.1) is 0 Å². The van der Waals surface area contributed by atoms with Crippen LogP contribution in [0.4, 0.5) is 0 Å². The van der Waals surface area contributed by atoms with E-state index in [9.17, 15) is 9.59 Å². The van der Waals surface area contributed by atoms with Crippen molar-refractivity contribution in [3.63, 3.8) is 0 Å². The highest BCUT2D eigenvalue weighted by molar-refractivity contribution is 5.72. The quantitative estimate of drug-likeness (QED) is 0.311. The van der Waals surface area contributed by atoms with Crippen LogP contribution in [0.3, 0.4) is 0 Å². The van der Waals surface area contributed by atoms with Gasteiger partial charge in [0, 0.05) is 20.5 Å². The molecule has 0 saturated carbocycles. The molecule has 0 aromatic heterocycles. The molecule has 8 nitrogen and oxygen atoms in total. The van der Waals surface area contributed by atoms with Gasteiger partial charge in [0.25, 0.3) is 0 Å². The topological polar surface area (TPSA) is 120 Å². The van der Waals surface area contributed by atoms with Crippen LogP contribution in [0.15, 0.2) is 0 Å². The number of rotatable bonds is 5. The Kier molecular flexibility index (Phi) is 25.8. The lowest BCUT2D eigenvalue weighted by atomic mass is 10.7. The lowest BCUT2D eigenvalue weighted by molar-refractivity contribution is -0.119. The number of hydrogen-bond donors (Lipinski definition) is 6. The largest absolute Gasteiger partial charge is 0.344 e. The fourth-order valence-corrected chi connectivity index (χ4v) is 0.426. The summed E-state index contributed by atoms with van der Waals surface area (Å²) >= 11 is 0. The van der Waals surface area contributed by atoms with E-state index in [-0.39, 0.29) is 11.8 Å². The van der Waals surface area contributed by atoms with Crippen molar-refractivity contribution in [2.45, 2.75) is 13.8 Å². The smallest absolute Gasteiger partial charge is 0.217 e. The number of carbonyl (C=O) groups excluding carboxylic acids is 2. The van der Waals surface area contributed by atoms with Gasteiger partial charge in [0.15, 0.2) is 0 Å². The van der Waals surface area contributed by atoms with Crippen molar-refractivity contribution in [3.05, 3.63) is 0 Å². The summed E-state index contributed by atoms with van der Waals surface area (Å²) in [5, 5.41) is 13.3. The fourth-order valence-electron chi connectivity index (χ4n) is 0.426. The van der Waals surface area contributed by atoms with E-state index in [0.29, 0.717) is 20.0 Å². The van der Waals surface area contributed by atoms with Gasteiger partial charge in [0.1, 0.15) is 0 Å². The van der Waals surface area contributed by atoms with Crippen molar-refractivity contribution in [1.82, 2.24) is 26.6 Å². The summed E-state index contributed by atoms with van der Waals surface area (Å²) in [4.78, 5) is 20.1. The molecule has 0 aliphatic rings. The number of amides is 2. The standard InChI is InChI=1S/2C4H10N2O.C2H8N2/c2*1-4(7)6-3-5-2;1-4-2-3/h2*5H,3H2,1-2H3,(H,6,7);4H,2-3H2,1H3. The predicted molar refractivity (Wildman–Crippen MR) is 73.6 cm³/mol. The summed E-state index contributed by atoms with van der Waals surface area (Å²) in [7, 11) is 5.35. The Balaban J connectivity index is -0.000000196. The van der Waals surface area contributed by atoms with Gasteiger partial charge >= 0.3 is 0 Å². The summed E-state index contributed by atoms with van der Waals surface area (Å²) in [6.07, 6.45) is 0. The molecule has 0 bridgehead atoms. The van der Waals surface area contributed by atoms with Gasteiger partial charge in [-0.3, -0.25) is 9.59 Å². The highest BCUT2D eigenvalue weighted by Gasteiger charge is 1.82. The van der Waals surface area contributed by atoms with Gasteiger partial charge in [-0.2, -0.15) is 0 Å². The molecule has 0 aliphatic heterocycles. The molecule has 0 radical (unpaired) electrons. The Labute approximate surface area is 109 Å². The first-order valence-electron chi connectivity index (χ1n) is 5.58. The molecule has 110 valence electrons. The van der Waals surface area contributed by atoms with Gasteiger partial charge in [0.05, 0.1) is 13.3 Å². The van der Waals surface area contributed by atoms with Crippen LogP contribution in [0.25, 0.3) is 0 Å². The van der Waals surface area contributed by atoms with Crippen molar-refractivity contribution >= 4 is 11.8 Å². The molecule has 0 aliphatic carbocycles. The molecule has 0 rings (SSSR count).